The maximum atomic E-state index is 12.4. The second kappa shape index (κ2) is 6.06. The van der Waals surface area contributed by atoms with Crippen molar-refractivity contribution < 1.29 is 18.0 Å². The van der Waals surface area contributed by atoms with Gasteiger partial charge in [-0.05, 0) is 24.6 Å². The van der Waals surface area contributed by atoms with Gasteiger partial charge in [0.05, 0.1) is 11.6 Å². The molecule has 1 unspecified atom stereocenters. The van der Waals surface area contributed by atoms with Crippen LogP contribution in [0.15, 0.2) is 24.3 Å². The van der Waals surface area contributed by atoms with Gasteiger partial charge in [0, 0.05) is 20.6 Å². The number of hydrogen-bond donors (Lipinski definition) is 1. The van der Waals surface area contributed by atoms with Crippen molar-refractivity contribution in [2.24, 2.45) is 0 Å². The van der Waals surface area contributed by atoms with Crippen LogP contribution in [0.4, 0.5) is 13.2 Å². The summed E-state index contributed by atoms with van der Waals surface area (Å²) >= 11 is 0. The number of alkyl halides is 3. The molecule has 0 saturated heterocycles. The topological polar surface area (TPSA) is 32.3 Å². The van der Waals surface area contributed by atoms with E-state index in [-0.39, 0.29) is 11.9 Å². The molecule has 3 nitrogen and oxygen atoms in total. The van der Waals surface area contributed by atoms with Gasteiger partial charge in [0.1, 0.15) is 0 Å². The molecule has 0 fully saturated rings. The summed E-state index contributed by atoms with van der Waals surface area (Å²) in [5, 5.41) is 2.97. The second-order valence-corrected chi connectivity index (χ2v) is 4.53. The van der Waals surface area contributed by atoms with Gasteiger partial charge in [-0.15, -0.1) is 0 Å². The fourth-order valence-electron chi connectivity index (χ4n) is 1.56. The molecule has 0 saturated carbocycles. The highest BCUT2D eigenvalue weighted by atomic mass is 19.4. The Morgan fingerprint density at radius 2 is 1.79 bits per heavy atom. The molecule has 0 spiro atoms. The van der Waals surface area contributed by atoms with Gasteiger partial charge in [-0.25, -0.2) is 0 Å². The lowest BCUT2D eigenvalue weighted by molar-refractivity contribution is -0.137. The summed E-state index contributed by atoms with van der Waals surface area (Å²) in [5.74, 6) is -0.0769. The lowest BCUT2D eigenvalue weighted by Gasteiger charge is -2.18. The van der Waals surface area contributed by atoms with Crippen LogP contribution in [0.5, 0.6) is 0 Å². The molecule has 1 amide bonds. The highest BCUT2D eigenvalue weighted by molar-refractivity contribution is 5.80. The molecule has 0 aromatic heterocycles. The van der Waals surface area contributed by atoms with Crippen molar-refractivity contribution >= 4 is 5.91 Å². The Bertz CT molecular complexity index is 427. The summed E-state index contributed by atoms with van der Waals surface area (Å²) in [5.41, 5.74) is 0.0278. The molecule has 0 aliphatic heterocycles. The zero-order valence-corrected chi connectivity index (χ0v) is 11.1. The van der Waals surface area contributed by atoms with Gasteiger partial charge in [0.2, 0.25) is 5.91 Å². The molecule has 0 bridgehead atoms. The standard InChI is InChI=1S/C13H17F3N2O/c1-9(12(19)18(2)3)17-8-10-4-6-11(7-5-10)13(14,15)16/h4-7,9,17H,8H2,1-3H3. The number of carbonyl (C=O) groups is 1. The number of hydrogen-bond acceptors (Lipinski definition) is 2. The number of likely N-dealkylation sites (N-methyl/N-ethyl adjacent to an activating group) is 1. The molecule has 0 aliphatic carbocycles. The van der Waals surface area contributed by atoms with Crippen LogP contribution < -0.4 is 5.32 Å². The molecule has 0 heterocycles. The van der Waals surface area contributed by atoms with Gasteiger partial charge < -0.3 is 10.2 Å². The van der Waals surface area contributed by atoms with Crippen LogP contribution in [0.25, 0.3) is 0 Å². The summed E-state index contributed by atoms with van der Waals surface area (Å²) < 4.78 is 37.1. The van der Waals surface area contributed by atoms with Crippen molar-refractivity contribution in [1.82, 2.24) is 10.2 Å². The van der Waals surface area contributed by atoms with Crippen LogP contribution in [0.2, 0.25) is 0 Å². The summed E-state index contributed by atoms with van der Waals surface area (Å²) in [6.07, 6.45) is -4.32. The molecule has 1 atom stereocenters. The van der Waals surface area contributed by atoms with E-state index in [1.807, 2.05) is 0 Å². The number of carbonyl (C=O) groups excluding carboxylic acids is 1. The maximum Gasteiger partial charge on any atom is 0.416 e. The second-order valence-electron chi connectivity index (χ2n) is 4.53. The molecule has 1 rings (SSSR count). The van der Waals surface area contributed by atoms with E-state index in [1.165, 1.54) is 17.0 Å². The first-order valence-corrected chi connectivity index (χ1v) is 5.82. The van der Waals surface area contributed by atoms with E-state index in [1.54, 1.807) is 21.0 Å². The van der Waals surface area contributed by atoms with Crippen LogP contribution in [0.1, 0.15) is 18.1 Å². The lowest BCUT2D eigenvalue weighted by Crippen LogP contribution is -2.41. The van der Waals surface area contributed by atoms with Crippen molar-refractivity contribution in [2.75, 3.05) is 14.1 Å². The minimum atomic E-state index is -4.32. The summed E-state index contributed by atoms with van der Waals surface area (Å²) in [4.78, 5) is 13.0. The molecule has 0 radical (unpaired) electrons. The predicted octanol–water partition coefficient (Wildman–Crippen LogP) is 2.27. The Hall–Kier alpha value is -1.56. The van der Waals surface area contributed by atoms with Gasteiger partial charge in [0.25, 0.3) is 0 Å². The average molecular weight is 274 g/mol. The SMILES string of the molecule is CC(NCc1ccc(C(F)(F)F)cc1)C(=O)N(C)C. The van der Waals surface area contributed by atoms with Crippen LogP contribution in [0, 0.1) is 0 Å². The maximum absolute atomic E-state index is 12.4. The van der Waals surface area contributed by atoms with Crippen molar-refractivity contribution in [1.29, 1.82) is 0 Å². The lowest BCUT2D eigenvalue weighted by atomic mass is 10.1. The third-order valence-electron chi connectivity index (χ3n) is 2.70. The highest BCUT2D eigenvalue weighted by Crippen LogP contribution is 2.29. The normalized spacial score (nSPS) is 13.2. The van der Waals surface area contributed by atoms with Crippen LogP contribution in [-0.2, 0) is 17.5 Å². The van der Waals surface area contributed by atoms with Crippen LogP contribution >= 0.6 is 0 Å². The Kier molecular flexibility index (Phi) is 4.94. The predicted molar refractivity (Wildman–Crippen MR) is 66.4 cm³/mol. The van der Waals surface area contributed by atoms with Gasteiger partial charge in [-0.3, -0.25) is 4.79 Å². The monoisotopic (exact) mass is 274 g/mol. The van der Waals surface area contributed by atoms with E-state index in [2.05, 4.69) is 5.32 Å². The molecule has 1 aromatic carbocycles. The minimum absolute atomic E-state index is 0.0769. The summed E-state index contributed by atoms with van der Waals surface area (Å²) in [7, 11) is 3.30. The zero-order valence-electron chi connectivity index (χ0n) is 11.1. The molecule has 19 heavy (non-hydrogen) atoms. The Labute approximate surface area is 110 Å². The first kappa shape index (κ1) is 15.5. The number of nitrogens with one attached hydrogen (secondary N) is 1. The largest absolute Gasteiger partial charge is 0.416 e. The van der Waals surface area contributed by atoms with Crippen molar-refractivity contribution in [3.8, 4) is 0 Å². The number of nitrogens with zero attached hydrogens (tertiary/aromatic N) is 1. The quantitative estimate of drug-likeness (QED) is 0.913. The first-order chi connectivity index (χ1) is 8.71. The summed E-state index contributed by atoms with van der Waals surface area (Å²) in [6, 6.07) is 4.51. The zero-order chi connectivity index (χ0) is 14.6. The van der Waals surface area contributed by atoms with Gasteiger partial charge >= 0.3 is 6.18 Å². The first-order valence-electron chi connectivity index (χ1n) is 5.82. The third-order valence-corrected chi connectivity index (χ3v) is 2.70. The summed E-state index contributed by atoms with van der Waals surface area (Å²) in [6.45, 7) is 2.06. The van der Waals surface area contributed by atoms with Crippen LogP contribution in [-0.4, -0.2) is 30.9 Å². The molecule has 1 N–H and O–H groups in total. The minimum Gasteiger partial charge on any atom is -0.347 e. The Morgan fingerprint density at radius 1 is 1.26 bits per heavy atom. The number of rotatable bonds is 4. The van der Waals surface area contributed by atoms with E-state index in [9.17, 15) is 18.0 Å². The molecule has 106 valence electrons. The number of halogens is 3. The molecule has 1 aromatic rings. The van der Waals surface area contributed by atoms with Gasteiger partial charge in [0.15, 0.2) is 0 Å². The molecular weight excluding hydrogens is 257 g/mol. The van der Waals surface area contributed by atoms with E-state index in [0.29, 0.717) is 12.1 Å². The average Bonchev–Trinajstić information content (AvgIpc) is 2.34. The van der Waals surface area contributed by atoms with Crippen molar-refractivity contribution in [3.63, 3.8) is 0 Å². The highest BCUT2D eigenvalue weighted by Gasteiger charge is 2.29. The Balaban J connectivity index is 2.58. The molecule has 6 heteroatoms. The van der Waals surface area contributed by atoms with E-state index in [0.717, 1.165) is 12.1 Å². The smallest absolute Gasteiger partial charge is 0.347 e. The van der Waals surface area contributed by atoms with Gasteiger partial charge in [-0.1, -0.05) is 12.1 Å². The van der Waals surface area contributed by atoms with Crippen molar-refractivity contribution in [2.45, 2.75) is 25.7 Å². The molecular formula is C13H17F3N2O. The third kappa shape index (κ3) is 4.55. The van der Waals surface area contributed by atoms with Gasteiger partial charge in [-0.2, -0.15) is 13.2 Å². The Morgan fingerprint density at radius 3 is 2.21 bits per heavy atom. The molecule has 0 aliphatic rings. The van der Waals surface area contributed by atoms with Crippen LogP contribution in [0.3, 0.4) is 0 Å². The fraction of sp³-hybridized carbons (Fsp3) is 0.462. The van der Waals surface area contributed by atoms with E-state index in [4.69, 9.17) is 0 Å². The number of amides is 1. The van der Waals surface area contributed by atoms with Crippen molar-refractivity contribution in [3.05, 3.63) is 35.4 Å². The van der Waals surface area contributed by atoms with E-state index >= 15 is 0 Å². The fourth-order valence-corrected chi connectivity index (χ4v) is 1.56. The number of benzene rings is 1. The van der Waals surface area contributed by atoms with E-state index < -0.39 is 11.7 Å².